The van der Waals surface area contributed by atoms with Gasteiger partial charge in [-0.1, -0.05) is 6.07 Å². The minimum atomic E-state index is -3.57. The lowest BCUT2D eigenvalue weighted by Crippen LogP contribution is -2.50. The molecule has 1 N–H and O–H groups in total. The third-order valence-corrected chi connectivity index (χ3v) is 8.60. The highest BCUT2D eigenvalue weighted by molar-refractivity contribution is 7.89. The van der Waals surface area contributed by atoms with Gasteiger partial charge in [0.15, 0.2) is 0 Å². The van der Waals surface area contributed by atoms with E-state index in [-0.39, 0.29) is 16.7 Å². The molecule has 178 valence electrons. The number of carbonyl (C=O) groups is 2. The molecule has 0 radical (unpaired) electrons. The lowest BCUT2D eigenvalue weighted by atomic mass is 10.2. The van der Waals surface area contributed by atoms with Crippen molar-refractivity contribution in [2.45, 2.75) is 4.90 Å². The Balaban J connectivity index is 1.21. The van der Waals surface area contributed by atoms with Crippen molar-refractivity contribution in [1.82, 2.24) is 19.4 Å². The number of benzene rings is 1. The molecule has 0 atom stereocenters. The smallest absolute Gasteiger partial charge is 0.264 e. The van der Waals surface area contributed by atoms with Crippen LogP contribution in [-0.4, -0.2) is 99.9 Å². The number of ether oxygens (including phenoxy) is 1. The van der Waals surface area contributed by atoms with Crippen molar-refractivity contribution in [3.05, 3.63) is 52.2 Å². The van der Waals surface area contributed by atoms with Crippen LogP contribution in [0.2, 0.25) is 0 Å². The summed E-state index contributed by atoms with van der Waals surface area (Å²) in [7, 11) is -3.57. The Morgan fingerprint density at radius 3 is 2.30 bits per heavy atom. The van der Waals surface area contributed by atoms with E-state index in [9.17, 15) is 18.0 Å². The van der Waals surface area contributed by atoms with Crippen LogP contribution in [0.5, 0.6) is 0 Å². The maximum atomic E-state index is 12.7. The minimum Gasteiger partial charge on any atom is -0.379 e. The van der Waals surface area contributed by atoms with Gasteiger partial charge in [0, 0.05) is 57.9 Å². The van der Waals surface area contributed by atoms with Gasteiger partial charge in [-0.05, 0) is 35.7 Å². The van der Waals surface area contributed by atoms with Crippen LogP contribution < -0.4 is 5.32 Å². The Labute approximate surface area is 198 Å². The Bertz CT molecular complexity index is 1040. The first-order valence-corrected chi connectivity index (χ1v) is 13.3. The van der Waals surface area contributed by atoms with Gasteiger partial charge in [0.1, 0.15) is 0 Å². The molecule has 0 bridgehead atoms. The topological polar surface area (TPSA) is 99.3 Å². The Morgan fingerprint density at radius 2 is 1.67 bits per heavy atom. The summed E-state index contributed by atoms with van der Waals surface area (Å²) < 4.78 is 32.0. The maximum absolute atomic E-state index is 12.7. The average molecular weight is 493 g/mol. The number of carbonyl (C=O) groups excluding carboxylic acids is 2. The summed E-state index contributed by atoms with van der Waals surface area (Å²) in [5.41, 5.74) is 0.419. The van der Waals surface area contributed by atoms with E-state index in [2.05, 4.69) is 10.2 Å². The molecule has 1 aromatic carbocycles. The summed E-state index contributed by atoms with van der Waals surface area (Å²) in [4.78, 5) is 29.9. The molecule has 0 saturated carbocycles. The van der Waals surface area contributed by atoms with Crippen molar-refractivity contribution in [2.24, 2.45) is 0 Å². The molecular weight excluding hydrogens is 464 g/mol. The maximum Gasteiger partial charge on any atom is 0.264 e. The lowest BCUT2D eigenvalue weighted by molar-refractivity contribution is 0.0642. The van der Waals surface area contributed by atoms with Gasteiger partial charge in [0.25, 0.3) is 11.8 Å². The van der Waals surface area contributed by atoms with Crippen molar-refractivity contribution in [3.63, 3.8) is 0 Å². The molecule has 2 fully saturated rings. The molecule has 1 aromatic heterocycles. The van der Waals surface area contributed by atoms with Gasteiger partial charge in [-0.15, -0.1) is 11.3 Å². The summed E-state index contributed by atoms with van der Waals surface area (Å²) in [6.07, 6.45) is 0. The summed E-state index contributed by atoms with van der Waals surface area (Å²) in [5.74, 6) is -0.158. The fourth-order valence-corrected chi connectivity index (χ4v) is 5.97. The van der Waals surface area contributed by atoms with Crippen LogP contribution in [0.3, 0.4) is 0 Å². The third kappa shape index (κ3) is 5.79. The molecule has 2 aliphatic heterocycles. The predicted molar refractivity (Wildman–Crippen MR) is 125 cm³/mol. The molecule has 0 spiro atoms. The number of amides is 2. The van der Waals surface area contributed by atoms with Gasteiger partial charge in [0.2, 0.25) is 10.0 Å². The van der Waals surface area contributed by atoms with Crippen molar-refractivity contribution in [3.8, 4) is 0 Å². The van der Waals surface area contributed by atoms with E-state index >= 15 is 0 Å². The monoisotopic (exact) mass is 492 g/mol. The van der Waals surface area contributed by atoms with E-state index in [0.717, 1.165) is 18.0 Å². The molecule has 2 aliphatic rings. The predicted octanol–water partition coefficient (Wildman–Crippen LogP) is 0.957. The van der Waals surface area contributed by atoms with Crippen LogP contribution in [-0.2, 0) is 14.8 Å². The summed E-state index contributed by atoms with van der Waals surface area (Å²) in [6, 6.07) is 9.76. The fraction of sp³-hybridized carbons (Fsp3) is 0.455. The van der Waals surface area contributed by atoms with Crippen molar-refractivity contribution in [1.29, 1.82) is 0 Å². The average Bonchev–Trinajstić information content (AvgIpc) is 3.40. The number of rotatable bonds is 7. The molecule has 0 unspecified atom stereocenters. The van der Waals surface area contributed by atoms with Crippen molar-refractivity contribution >= 4 is 33.2 Å². The number of thiophene rings is 1. The van der Waals surface area contributed by atoms with E-state index in [1.807, 2.05) is 22.4 Å². The van der Waals surface area contributed by atoms with Crippen molar-refractivity contribution in [2.75, 3.05) is 65.6 Å². The Morgan fingerprint density at radius 1 is 0.970 bits per heavy atom. The quantitative estimate of drug-likeness (QED) is 0.618. The standard InChI is InChI=1S/C22H28N4O5S2/c27-21(18-3-5-19(6-4-18)33(29,30)26-13-15-31-16-14-26)23-7-8-24-9-11-25(12-10-24)22(28)20-2-1-17-32-20/h1-6,17H,7-16H2,(H,23,27). The molecule has 2 aromatic rings. The number of hydrogen-bond donors (Lipinski definition) is 1. The lowest BCUT2D eigenvalue weighted by Gasteiger charge is -2.34. The SMILES string of the molecule is O=C(NCCN1CCN(C(=O)c2cccs2)CC1)c1ccc(S(=O)(=O)N2CCOCC2)cc1. The second-order valence-electron chi connectivity index (χ2n) is 7.91. The van der Waals surface area contributed by atoms with Crippen LogP contribution in [0.25, 0.3) is 0 Å². The Hall–Kier alpha value is -2.31. The molecule has 0 aliphatic carbocycles. The second kappa shape index (κ2) is 10.7. The van der Waals surface area contributed by atoms with E-state index in [1.54, 1.807) is 0 Å². The normalized spacial score (nSPS) is 18.2. The first-order chi connectivity index (χ1) is 15.9. The second-order valence-corrected chi connectivity index (χ2v) is 10.8. The zero-order valence-electron chi connectivity index (χ0n) is 18.3. The van der Waals surface area contributed by atoms with Gasteiger partial charge in [0.05, 0.1) is 23.0 Å². The molecule has 33 heavy (non-hydrogen) atoms. The summed E-state index contributed by atoms with van der Waals surface area (Å²) >= 11 is 1.46. The van der Waals surface area contributed by atoms with Crippen LogP contribution in [0.1, 0.15) is 20.0 Å². The molecular formula is C22H28N4O5S2. The van der Waals surface area contributed by atoms with Crippen LogP contribution in [0.15, 0.2) is 46.7 Å². The zero-order valence-corrected chi connectivity index (χ0v) is 19.9. The number of hydrogen-bond acceptors (Lipinski definition) is 7. The summed E-state index contributed by atoms with van der Waals surface area (Å²) in [6.45, 7) is 5.49. The molecule has 2 amide bonds. The highest BCUT2D eigenvalue weighted by Gasteiger charge is 2.26. The minimum absolute atomic E-state index is 0.0806. The molecule has 2 saturated heterocycles. The summed E-state index contributed by atoms with van der Waals surface area (Å²) in [5, 5.41) is 4.79. The van der Waals surface area contributed by atoms with Crippen LogP contribution in [0.4, 0.5) is 0 Å². The third-order valence-electron chi connectivity index (χ3n) is 5.83. The van der Waals surface area contributed by atoms with Gasteiger partial charge < -0.3 is 15.0 Å². The number of nitrogens with one attached hydrogen (secondary N) is 1. The largest absolute Gasteiger partial charge is 0.379 e. The van der Waals surface area contributed by atoms with Gasteiger partial charge in [-0.25, -0.2) is 8.42 Å². The van der Waals surface area contributed by atoms with E-state index in [1.165, 1.54) is 39.9 Å². The molecule has 11 heteroatoms. The zero-order chi connectivity index (χ0) is 23.3. The number of morpholine rings is 1. The number of sulfonamides is 1. The number of piperazine rings is 1. The van der Waals surface area contributed by atoms with Crippen LogP contribution >= 0.6 is 11.3 Å². The van der Waals surface area contributed by atoms with Crippen LogP contribution in [0, 0.1) is 0 Å². The molecule has 4 rings (SSSR count). The Kier molecular flexibility index (Phi) is 7.76. The number of nitrogens with zero attached hydrogens (tertiary/aromatic N) is 3. The van der Waals surface area contributed by atoms with E-state index in [4.69, 9.17) is 4.74 Å². The first kappa shape index (κ1) is 23.8. The van der Waals surface area contributed by atoms with Gasteiger partial charge in [-0.2, -0.15) is 4.31 Å². The fourth-order valence-electron chi connectivity index (χ4n) is 3.87. The van der Waals surface area contributed by atoms with Crippen molar-refractivity contribution < 1.29 is 22.7 Å². The highest BCUT2D eigenvalue weighted by atomic mass is 32.2. The van der Waals surface area contributed by atoms with Gasteiger partial charge >= 0.3 is 0 Å². The van der Waals surface area contributed by atoms with Gasteiger partial charge in [-0.3, -0.25) is 14.5 Å². The van der Waals surface area contributed by atoms with E-state index in [0.29, 0.717) is 58.0 Å². The molecule has 3 heterocycles. The van der Waals surface area contributed by atoms with E-state index < -0.39 is 10.0 Å². The molecule has 9 nitrogen and oxygen atoms in total. The highest BCUT2D eigenvalue weighted by Crippen LogP contribution is 2.18. The first-order valence-electron chi connectivity index (χ1n) is 11.0.